The summed E-state index contributed by atoms with van der Waals surface area (Å²) in [6, 6.07) is 1.54. The van der Waals surface area contributed by atoms with Crippen LogP contribution in [0.25, 0.3) is 0 Å². The highest BCUT2D eigenvalue weighted by Gasteiger charge is 2.34. The number of aliphatic imine (C=N–C) groups is 1. The van der Waals surface area contributed by atoms with Gasteiger partial charge in [0.25, 0.3) is 0 Å². The smallest absolute Gasteiger partial charge is 0.410 e. The van der Waals surface area contributed by atoms with E-state index in [0.29, 0.717) is 55.6 Å². The number of aromatic nitrogens is 1. The van der Waals surface area contributed by atoms with E-state index in [2.05, 4.69) is 21.8 Å². The Morgan fingerprint density at radius 1 is 1.21 bits per heavy atom. The number of pyridine rings is 1. The highest BCUT2D eigenvalue weighted by atomic mass is 16.6. The van der Waals surface area contributed by atoms with Crippen LogP contribution < -0.4 is 15.5 Å². The first-order chi connectivity index (χ1) is 18.4. The Bertz CT molecular complexity index is 1270. The summed E-state index contributed by atoms with van der Waals surface area (Å²) in [5, 5.41) is 0. The van der Waals surface area contributed by atoms with Crippen LogP contribution in [-0.4, -0.2) is 72.7 Å². The van der Waals surface area contributed by atoms with Gasteiger partial charge in [-0.1, -0.05) is 12.5 Å². The minimum atomic E-state index is -0.536. The molecule has 0 spiro atoms. The highest BCUT2D eigenvalue weighted by Crippen LogP contribution is 2.35. The first-order valence-corrected chi connectivity index (χ1v) is 13.5. The zero-order valence-corrected chi connectivity index (χ0v) is 24.1. The van der Waals surface area contributed by atoms with Gasteiger partial charge < -0.3 is 25.0 Å². The van der Waals surface area contributed by atoms with E-state index in [0.717, 1.165) is 28.8 Å². The Balaban J connectivity index is 1.53. The van der Waals surface area contributed by atoms with E-state index in [4.69, 9.17) is 15.2 Å². The first-order valence-electron chi connectivity index (χ1n) is 13.5. The van der Waals surface area contributed by atoms with Crippen LogP contribution >= 0.6 is 0 Å². The molecule has 3 aliphatic rings. The van der Waals surface area contributed by atoms with Gasteiger partial charge in [-0.2, -0.15) is 4.99 Å². The third-order valence-corrected chi connectivity index (χ3v) is 7.23. The fourth-order valence-electron chi connectivity index (χ4n) is 5.08. The zero-order valence-electron chi connectivity index (χ0n) is 24.1. The van der Waals surface area contributed by atoms with Crippen LogP contribution in [0.3, 0.4) is 0 Å². The van der Waals surface area contributed by atoms with Gasteiger partial charge in [0.05, 0.1) is 7.11 Å². The average molecular weight is 537 g/mol. The molecule has 1 aromatic heterocycles. The summed E-state index contributed by atoms with van der Waals surface area (Å²) < 4.78 is 11.1. The lowest BCUT2D eigenvalue weighted by molar-refractivity contribution is 0.0159. The topological polar surface area (TPSA) is 114 Å². The molecule has 1 unspecified atom stereocenters. The zero-order chi connectivity index (χ0) is 28.5. The number of urea groups is 1. The number of nitrogens with two attached hydrogens (primary N) is 1. The predicted octanol–water partition coefficient (Wildman–Crippen LogP) is 4.56. The van der Waals surface area contributed by atoms with E-state index in [1.165, 1.54) is 0 Å². The molecule has 4 rings (SSSR count). The molecule has 1 fully saturated rings. The Kier molecular flexibility index (Phi) is 8.04. The molecule has 39 heavy (non-hydrogen) atoms. The SMILES string of the molecule is CCC(C)=C1C=C(OC)/C(=N/C(=O)N2CCc3c(N4CCN(C(=O)OC(C)(C)C)C(C)C4)ccnc32)C=C1N. The van der Waals surface area contributed by atoms with Crippen molar-refractivity contribution in [1.29, 1.82) is 0 Å². The number of piperazine rings is 1. The Morgan fingerprint density at radius 2 is 1.95 bits per heavy atom. The molecular formula is C29H40N6O4. The van der Waals surface area contributed by atoms with Gasteiger partial charge in [0, 0.05) is 60.9 Å². The summed E-state index contributed by atoms with van der Waals surface area (Å²) in [7, 11) is 1.56. The van der Waals surface area contributed by atoms with Crippen molar-refractivity contribution in [3.8, 4) is 0 Å². The van der Waals surface area contributed by atoms with Crippen molar-refractivity contribution in [3.63, 3.8) is 0 Å². The number of nitrogens with zero attached hydrogens (tertiary/aromatic N) is 5. The minimum Gasteiger partial charge on any atom is -0.494 e. The summed E-state index contributed by atoms with van der Waals surface area (Å²) in [5.74, 6) is 1.11. The molecule has 0 bridgehead atoms. The average Bonchev–Trinajstić information content (AvgIpc) is 3.32. The second-order valence-electron chi connectivity index (χ2n) is 11.1. The third-order valence-electron chi connectivity index (χ3n) is 7.23. The fraction of sp³-hybridized carbons (Fsp3) is 0.517. The number of carbonyl (C=O) groups is 2. The molecule has 1 aromatic rings. The summed E-state index contributed by atoms with van der Waals surface area (Å²) in [4.78, 5) is 40.6. The lowest BCUT2D eigenvalue weighted by atomic mass is 9.97. The number of rotatable bonds is 3. The number of methoxy groups -OCH3 is 1. The molecule has 210 valence electrons. The molecule has 3 amide bonds. The molecule has 0 aromatic carbocycles. The van der Waals surface area contributed by atoms with Crippen molar-refractivity contribution >= 4 is 29.3 Å². The second kappa shape index (κ2) is 11.1. The molecule has 10 nitrogen and oxygen atoms in total. The van der Waals surface area contributed by atoms with E-state index in [-0.39, 0.29) is 12.1 Å². The van der Waals surface area contributed by atoms with Crippen LogP contribution in [0.5, 0.6) is 0 Å². The normalized spacial score (nSPS) is 21.9. The standard InChI is InChI=1S/C29H40N6O4/c1-8-18(2)21-15-25(38-7)23(16-22(21)30)32-27(36)35-12-10-20-24(9-11-31-26(20)35)33-13-14-34(19(3)17-33)28(37)39-29(4,5)6/h9,11,15-16,19H,8,10,12-14,17,30H2,1-7H3/b21-18?,32-23+. The highest BCUT2D eigenvalue weighted by molar-refractivity contribution is 6.15. The number of hydrogen-bond acceptors (Lipinski definition) is 7. The number of anilines is 2. The quantitative estimate of drug-likeness (QED) is 0.602. The number of amides is 3. The summed E-state index contributed by atoms with van der Waals surface area (Å²) >= 11 is 0. The largest absolute Gasteiger partial charge is 0.494 e. The Morgan fingerprint density at radius 3 is 2.59 bits per heavy atom. The first kappa shape index (κ1) is 28.2. The van der Waals surface area contributed by atoms with E-state index in [1.807, 2.05) is 46.8 Å². The van der Waals surface area contributed by atoms with Crippen molar-refractivity contribution in [2.75, 3.05) is 43.1 Å². The molecule has 1 saturated heterocycles. The molecule has 0 radical (unpaired) electrons. The molecule has 2 N–H and O–H groups in total. The van der Waals surface area contributed by atoms with Crippen molar-refractivity contribution in [2.45, 2.75) is 66.0 Å². The molecule has 2 aliphatic heterocycles. The van der Waals surface area contributed by atoms with Crippen LogP contribution in [-0.2, 0) is 15.9 Å². The van der Waals surface area contributed by atoms with Crippen LogP contribution in [0.2, 0.25) is 0 Å². The predicted molar refractivity (Wildman–Crippen MR) is 153 cm³/mol. The number of hydrogen-bond donors (Lipinski definition) is 1. The lowest BCUT2D eigenvalue weighted by Crippen LogP contribution is -2.55. The maximum absolute atomic E-state index is 13.3. The van der Waals surface area contributed by atoms with Gasteiger partial charge in [0.15, 0.2) is 0 Å². The number of ether oxygens (including phenoxy) is 2. The van der Waals surface area contributed by atoms with Crippen molar-refractivity contribution in [2.24, 2.45) is 10.7 Å². The van der Waals surface area contributed by atoms with Crippen molar-refractivity contribution in [1.82, 2.24) is 9.88 Å². The van der Waals surface area contributed by atoms with E-state index < -0.39 is 11.6 Å². The molecule has 10 heteroatoms. The number of carbonyl (C=O) groups excluding carboxylic acids is 2. The summed E-state index contributed by atoms with van der Waals surface area (Å²) in [5.41, 5.74) is 10.8. The van der Waals surface area contributed by atoms with Crippen molar-refractivity contribution < 1.29 is 19.1 Å². The number of fused-ring (bicyclic) bond motifs is 1. The van der Waals surface area contributed by atoms with Gasteiger partial charge >= 0.3 is 12.1 Å². The minimum absolute atomic E-state index is 0.0268. The second-order valence-corrected chi connectivity index (χ2v) is 11.1. The van der Waals surface area contributed by atoms with E-state index in [9.17, 15) is 9.59 Å². The van der Waals surface area contributed by atoms with Gasteiger partial charge in [0.2, 0.25) is 0 Å². The number of allylic oxidation sites excluding steroid dienone is 3. The van der Waals surface area contributed by atoms with Gasteiger partial charge in [-0.25, -0.2) is 14.6 Å². The molecule has 0 saturated carbocycles. The van der Waals surface area contributed by atoms with Gasteiger partial charge in [-0.05, 0) is 65.7 Å². The van der Waals surface area contributed by atoms with Gasteiger partial charge in [-0.15, -0.1) is 0 Å². The summed E-state index contributed by atoms with van der Waals surface area (Å²) in [6.45, 7) is 14.1. The van der Waals surface area contributed by atoms with Gasteiger partial charge in [-0.3, -0.25) is 4.90 Å². The molecular weight excluding hydrogens is 496 g/mol. The monoisotopic (exact) mass is 536 g/mol. The van der Waals surface area contributed by atoms with Crippen LogP contribution in [0.15, 0.2) is 52.0 Å². The van der Waals surface area contributed by atoms with E-state index in [1.54, 1.807) is 29.2 Å². The van der Waals surface area contributed by atoms with Crippen LogP contribution in [0.4, 0.5) is 21.1 Å². The summed E-state index contributed by atoms with van der Waals surface area (Å²) in [6.07, 6.45) is 6.49. The van der Waals surface area contributed by atoms with Crippen molar-refractivity contribution in [3.05, 3.63) is 52.6 Å². The molecule has 1 aliphatic carbocycles. The Hall–Kier alpha value is -3.82. The van der Waals surface area contributed by atoms with Crippen LogP contribution in [0, 0.1) is 0 Å². The maximum Gasteiger partial charge on any atom is 0.410 e. The maximum atomic E-state index is 13.3. The fourth-order valence-corrected chi connectivity index (χ4v) is 5.08. The van der Waals surface area contributed by atoms with E-state index >= 15 is 0 Å². The van der Waals surface area contributed by atoms with Gasteiger partial charge in [0.1, 0.15) is 22.9 Å². The molecule has 1 atom stereocenters. The van der Waals surface area contributed by atoms with Crippen LogP contribution in [0.1, 0.15) is 53.5 Å². The lowest BCUT2D eigenvalue weighted by Gasteiger charge is -2.41. The third kappa shape index (κ3) is 5.94. The molecule has 3 heterocycles. The Labute approximate surface area is 230 Å².